The van der Waals surface area contributed by atoms with Crippen LogP contribution in [0.4, 0.5) is 0 Å². The molecule has 11 heavy (non-hydrogen) atoms. The van der Waals surface area contributed by atoms with E-state index in [9.17, 15) is 0 Å². The van der Waals surface area contributed by atoms with E-state index in [2.05, 4.69) is 29.7 Å². The fraction of sp³-hybridized carbons (Fsp3) is 0.400. The fourth-order valence-corrected chi connectivity index (χ4v) is 2.39. The second-order valence-electron chi connectivity index (χ2n) is 2.98. The van der Waals surface area contributed by atoms with Crippen molar-refractivity contribution in [2.45, 2.75) is 25.2 Å². The predicted molar refractivity (Wildman–Crippen MR) is 50.1 cm³/mol. The summed E-state index contributed by atoms with van der Waals surface area (Å²) in [7, 11) is 0. The van der Waals surface area contributed by atoms with E-state index in [1.165, 1.54) is 24.1 Å². The van der Waals surface area contributed by atoms with Crippen LogP contribution in [0.5, 0.6) is 0 Å². The summed E-state index contributed by atoms with van der Waals surface area (Å²) in [4.78, 5) is 1.53. The second kappa shape index (κ2) is 3.22. The van der Waals surface area contributed by atoms with Gasteiger partial charge in [-0.15, -0.1) is 11.3 Å². The molecular weight excluding hydrogens is 152 g/mol. The molecule has 0 aliphatic heterocycles. The van der Waals surface area contributed by atoms with Gasteiger partial charge in [0.1, 0.15) is 0 Å². The molecule has 0 N–H and O–H groups in total. The molecule has 0 amide bonds. The lowest BCUT2D eigenvalue weighted by atomic mass is 9.95. The Morgan fingerprint density at radius 3 is 3.09 bits per heavy atom. The highest BCUT2D eigenvalue weighted by Gasteiger charge is 2.10. The van der Waals surface area contributed by atoms with Crippen molar-refractivity contribution in [3.63, 3.8) is 0 Å². The Morgan fingerprint density at radius 2 is 2.45 bits per heavy atom. The van der Waals surface area contributed by atoms with Gasteiger partial charge in [-0.3, -0.25) is 0 Å². The van der Waals surface area contributed by atoms with Gasteiger partial charge in [-0.2, -0.15) is 0 Å². The quantitative estimate of drug-likeness (QED) is 0.557. The molecular formula is C10H12S. The van der Waals surface area contributed by atoms with Crippen LogP contribution in [0.15, 0.2) is 29.7 Å². The van der Waals surface area contributed by atoms with E-state index in [4.69, 9.17) is 0 Å². The van der Waals surface area contributed by atoms with Crippen molar-refractivity contribution in [1.82, 2.24) is 0 Å². The summed E-state index contributed by atoms with van der Waals surface area (Å²) in [5, 5.41) is 2.16. The van der Waals surface area contributed by atoms with Crippen LogP contribution in [0.2, 0.25) is 0 Å². The minimum absolute atomic E-state index is 0.726. The van der Waals surface area contributed by atoms with Crippen molar-refractivity contribution in [3.8, 4) is 0 Å². The van der Waals surface area contributed by atoms with Crippen LogP contribution in [0.25, 0.3) is 0 Å². The van der Waals surface area contributed by atoms with E-state index in [-0.39, 0.29) is 0 Å². The number of hydrogen-bond donors (Lipinski definition) is 0. The highest BCUT2D eigenvalue weighted by atomic mass is 32.1. The fourth-order valence-electron chi connectivity index (χ4n) is 1.55. The molecule has 2 rings (SSSR count). The van der Waals surface area contributed by atoms with E-state index < -0.39 is 0 Å². The summed E-state index contributed by atoms with van der Waals surface area (Å²) < 4.78 is 0. The van der Waals surface area contributed by atoms with Crippen LogP contribution in [-0.2, 0) is 0 Å². The van der Waals surface area contributed by atoms with Crippen LogP contribution in [-0.4, -0.2) is 0 Å². The largest absolute Gasteiger partial charge is 0.148 e. The molecule has 0 radical (unpaired) electrons. The average molecular weight is 164 g/mol. The monoisotopic (exact) mass is 164 g/mol. The molecule has 1 aliphatic rings. The maximum atomic E-state index is 2.36. The van der Waals surface area contributed by atoms with E-state index in [1.54, 1.807) is 0 Å². The lowest BCUT2D eigenvalue weighted by molar-refractivity contribution is 0.662. The van der Waals surface area contributed by atoms with Crippen LogP contribution in [0.3, 0.4) is 0 Å². The average Bonchev–Trinajstić information content (AvgIpc) is 2.58. The summed E-state index contributed by atoms with van der Waals surface area (Å²) >= 11 is 1.88. The topological polar surface area (TPSA) is 0 Å². The first-order chi connectivity index (χ1) is 5.47. The maximum Gasteiger partial charge on any atom is 0.0114 e. The number of hydrogen-bond acceptors (Lipinski definition) is 1. The molecule has 0 spiro atoms. The maximum absolute atomic E-state index is 2.36. The first-order valence-electron chi connectivity index (χ1n) is 4.17. The standard InChI is InChI=1S/C10H12S/c1-2-5-9(6-3-1)10-7-4-8-11-10/h2,4-5,7-9H,1,3,6H2. The van der Waals surface area contributed by atoms with Crippen molar-refractivity contribution >= 4 is 11.3 Å². The Kier molecular flexibility index (Phi) is 2.08. The van der Waals surface area contributed by atoms with Crippen molar-refractivity contribution in [1.29, 1.82) is 0 Å². The normalized spacial score (nSPS) is 23.8. The minimum atomic E-state index is 0.726. The molecule has 1 heterocycles. The molecule has 0 aromatic carbocycles. The zero-order chi connectivity index (χ0) is 7.52. The summed E-state index contributed by atoms with van der Waals surface area (Å²) in [5.74, 6) is 0.726. The van der Waals surface area contributed by atoms with Crippen molar-refractivity contribution in [2.75, 3.05) is 0 Å². The van der Waals surface area contributed by atoms with E-state index in [0.717, 1.165) is 5.92 Å². The molecule has 1 aromatic heterocycles. The van der Waals surface area contributed by atoms with Crippen molar-refractivity contribution < 1.29 is 0 Å². The minimum Gasteiger partial charge on any atom is -0.148 e. The van der Waals surface area contributed by atoms with Gasteiger partial charge in [-0.1, -0.05) is 18.2 Å². The van der Waals surface area contributed by atoms with Crippen molar-refractivity contribution in [2.24, 2.45) is 0 Å². The van der Waals surface area contributed by atoms with Crippen LogP contribution < -0.4 is 0 Å². The molecule has 0 fully saturated rings. The smallest absolute Gasteiger partial charge is 0.0114 e. The van der Waals surface area contributed by atoms with Gasteiger partial charge in [0.05, 0.1) is 0 Å². The molecule has 0 bridgehead atoms. The molecule has 0 saturated heterocycles. The van der Waals surface area contributed by atoms with Crippen LogP contribution in [0, 0.1) is 0 Å². The van der Waals surface area contributed by atoms with Gasteiger partial charge in [0, 0.05) is 10.8 Å². The van der Waals surface area contributed by atoms with Crippen molar-refractivity contribution in [3.05, 3.63) is 34.5 Å². The third-order valence-corrected chi connectivity index (χ3v) is 3.17. The van der Waals surface area contributed by atoms with Gasteiger partial charge in [-0.05, 0) is 30.7 Å². The van der Waals surface area contributed by atoms with Gasteiger partial charge in [0.15, 0.2) is 0 Å². The third kappa shape index (κ3) is 1.54. The predicted octanol–water partition coefficient (Wildman–Crippen LogP) is 3.57. The van der Waals surface area contributed by atoms with Gasteiger partial charge in [0.2, 0.25) is 0 Å². The van der Waals surface area contributed by atoms with Gasteiger partial charge >= 0.3 is 0 Å². The zero-order valence-electron chi connectivity index (χ0n) is 6.49. The van der Waals surface area contributed by atoms with E-state index in [0.29, 0.717) is 0 Å². The van der Waals surface area contributed by atoms with Gasteiger partial charge in [0.25, 0.3) is 0 Å². The molecule has 1 heteroatoms. The van der Waals surface area contributed by atoms with Crippen LogP contribution in [0.1, 0.15) is 30.1 Å². The lowest BCUT2D eigenvalue weighted by Crippen LogP contribution is -1.95. The Balaban J connectivity index is 2.16. The van der Waals surface area contributed by atoms with E-state index >= 15 is 0 Å². The third-order valence-electron chi connectivity index (χ3n) is 2.16. The molecule has 58 valence electrons. The Morgan fingerprint density at radius 1 is 1.45 bits per heavy atom. The molecule has 1 atom stereocenters. The second-order valence-corrected chi connectivity index (χ2v) is 3.96. The molecule has 1 aromatic rings. The molecule has 0 nitrogen and oxygen atoms in total. The first-order valence-corrected chi connectivity index (χ1v) is 5.05. The highest BCUT2D eigenvalue weighted by Crippen LogP contribution is 2.30. The van der Waals surface area contributed by atoms with Gasteiger partial charge < -0.3 is 0 Å². The number of allylic oxidation sites excluding steroid dienone is 2. The lowest BCUT2D eigenvalue weighted by Gasteiger charge is -2.13. The summed E-state index contributed by atoms with van der Waals surface area (Å²) in [6, 6.07) is 4.38. The molecule has 1 unspecified atom stereocenters. The molecule has 1 aliphatic carbocycles. The number of rotatable bonds is 1. The summed E-state index contributed by atoms with van der Waals surface area (Å²) in [6.07, 6.45) is 8.65. The first kappa shape index (κ1) is 7.11. The Hall–Kier alpha value is -0.560. The highest BCUT2D eigenvalue weighted by molar-refractivity contribution is 7.10. The SMILES string of the molecule is C1=CC(c2cccs2)CCC1. The Labute approximate surface area is 71.6 Å². The number of thiophene rings is 1. The Bertz CT molecular complexity index is 233. The zero-order valence-corrected chi connectivity index (χ0v) is 7.31. The summed E-state index contributed by atoms with van der Waals surface area (Å²) in [6.45, 7) is 0. The van der Waals surface area contributed by atoms with Gasteiger partial charge in [-0.25, -0.2) is 0 Å². The summed E-state index contributed by atoms with van der Waals surface area (Å²) in [5.41, 5.74) is 0. The van der Waals surface area contributed by atoms with E-state index in [1.807, 2.05) is 11.3 Å². The van der Waals surface area contributed by atoms with Crippen LogP contribution >= 0.6 is 11.3 Å². The molecule has 0 saturated carbocycles.